The van der Waals surface area contributed by atoms with Gasteiger partial charge in [0.15, 0.2) is 0 Å². The molecule has 1 aromatic heterocycles. The molecule has 2 aromatic carbocycles. The topological polar surface area (TPSA) is 98.9 Å². The number of aromatic nitrogens is 2. The fourth-order valence-corrected chi connectivity index (χ4v) is 3.24. The van der Waals surface area contributed by atoms with Crippen molar-refractivity contribution >= 4 is 40.1 Å². The van der Waals surface area contributed by atoms with Gasteiger partial charge in [0.1, 0.15) is 0 Å². The van der Waals surface area contributed by atoms with Crippen molar-refractivity contribution in [2.75, 3.05) is 5.32 Å². The van der Waals surface area contributed by atoms with Crippen molar-refractivity contribution in [3.8, 4) is 0 Å². The van der Waals surface area contributed by atoms with Crippen molar-refractivity contribution in [1.82, 2.24) is 20.8 Å². The van der Waals surface area contributed by atoms with Gasteiger partial charge in [0.05, 0.1) is 23.3 Å². The molecule has 3 aromatic rings. The number of aromatic amines is 1. The third-order valence-electron chi connectivity index (χ3n) is 4.42. The number of hydrogen-bond donors (Lipinski definition) is 4. The van der Waals surface area contributed by atoms with E-state index in [0.717, 1.165) is 16.5 Å². The number of amides is 3. The number of urea groups is 1. The second kappa shape index (κ2) is 6.77. The number of anilines is 1. The Kier molecular flexibility index (Phi) is 4.29. The lowest BCUT2D eigenvalue weighted by Crippen LogP contribution is -2.45. The van der Waals surface area contributed by atoms with Crippen molar-refractivity contribution in [1.29, 1.82) is 0 Å². The van der Waals surface area contributed by atoms with E-state index >= 15 is 0 Å². The largest absolute Gasteiger partial charge is 0.327 e. The van der Waals surface area contributed by atoms with Gasteiger partial charge in [0.2, 0.25) is 0 Å². The molecule has 0 aliphatic carbocycles. The summed E-state index contributed by atoms with van der Waals surface area (Å²) in [6.45, 7) is 1.70. The van der Waals surface area contributed by atoms with Gasteiger partial charge in [-0.25, -0.2) is 4.79 Å². The molecule has 0 radical (unpaired) electrons. The first-order valence-corrected chi connectivity index (χ1v) is 8.67. The highest BCUT2D eigenvalue weighted by molar-refractivity contribution is 6.30. The lowest BCUT2D eigenvalue weighted by Gasteiger charge is -2.28. The molecule has 4 N–H and O–H groups in total. The molecular formula is C19H16ClN5O2. The third kappa shape index (κ3) is 3.37. The summed E-state index contributed by atoms with van der Waals surface area (Å²) < 4.78 is 0. The summed E-state index contributed by atoms with van der Waals surface area (Å²) in [5, 5.41) is 16.7. The Labute approximate surface area is 159 Å². The number of nitrogens with one attached hydrogen (secondary N) is 4. The van der Waals surface area contributed by atoms with E-state index in [4.69, 9.17) is 11.6 Å². The molecule has 1 unspecified atom stereocenters. The van der Waals surface area contributed by atoms with Crippen LogP contribution >= 0.6 is 11.6 Å². The zero-order valence-electron chi connectivity index (χ0n) is 14.3. The maximum absolute atomic E-state index is 13.0. The molecule has 0 spiro atoms. The highest BCUT2D eigenvalue weighted by Crippen LogP contribution is 2.29. The first-order chi connectivity index (χ1) is 13.0. The van der Waals surface area contributed by atoms with Crippen LogP contribution in [0.3, 0.4) is 0 Å². The fourth-order valence-electron chi connectivity index (χ4n) is 3.12. The van der Waals surface area contributed by atoms with E-state index in [0.29, 0.717) is 22.0 Å². The van der Waals surface area contributed by atoms with Crippen LogP contribution in [0.5, 0.6) is 0 Å². The van der Waals surface area contributed by atoms with E-state index in [-0.39, 0.29) is 11.9 Å². The summed E-state index contributed by atoms with van der Waals surface area (Å²) in [6.07, 6.45) is 1.69. The Bertz CT molecular complexity index is 1070. The average Bonchev–Trinajstić information content (AvgIpc) is 3.09. The number of nitrogens with zero attached hydrogens (tertiary/aromatic N) is 1. The van der Waals surface area contributed by atoms with Gasteiger partial charge in [0.25, 0.3) is 5.91 Å². The van der Waals surface area contributed by atoms with E-state index in [1.165, 1.54) is 0 Å². The van der Waals surface area contributed by atoms with Gasteiger partial charge < -0.3 is 16.0 Å². The van der Waals surface area contributed by atoms with Crippen molar-refractivity contribution in [3.63, 3.8) is 0 Å². The van der Waals surface area contributed by atoms with Gasteiger partial charge >= 0.3 is 6.03 Å². The smallest absolute Gasteiger partial charge is 0.319 e. The minimum Gasteiger partial charge on any atom is -0.327 e. The minimum atomic E-state index is -0.575. The molecule has 0 fully saturated rings. The fraction of sp³-hybridized carbons (Fsp3) is 0.105. The van der Waals surface area contributed by atoms with Crippen molar-refractivity contribution in [3.05, 3.63) is 70.5 Å². The van der Waals surface area contributed by atoms with Crippen LogP contribution < -0.4 is 16.0 Å². The molecule has 0 bridgehead atoms. The molecular weight excluding hydrogens is 366 g/mol. The first kappa shape index (κ1) is 17.1. The monoisotopic (exact) mass is 381 g/mol. The quantitative estimate of drug-likeness (QED) is 0.559. The number of allylic oxidation sites excluding steroid dienone is 1. The lowest BCUT2D eigenvalue weighted by molar-refractivity contribution is -0.113. The van der Waals surface area contributed by atoms with Crippen LogP contribution in [0.4, 0.5) is 10.5 Å². The lowest BCUT2D eigenvalue weighted by atomic mass is 9.95. The van der Waals surface area contributed by atoms with E-state index in [1.54, 1.807) is 43.5 Å². The van der Waals surface area contributed by atoms with Gasteiger partial charge in [-0.2, -0.15) is 5.10 Å². The Hall–Kier alpha value is -3.32. The van der Waals surface area contributed by atoms with Crippen LogP contribution in [-0.4, -0.2) is 22.1 Å². The summed E-state index contributed by atoms with van der Waals surface area (Å²) in [6, 6.07) is 11.6. The van der Waals surface area contributed by atoms with Gasteiger partial charge in [-0.1, -0.05) is 23.7 Å². The van der Waals surface area contributed by atoms with E-state index in [9.17, 15) is 9.59 Å². The normalized spacial score (nSPS) is 16.8. The van der Waals surface area contributed by atoms with E-state index < -0.39 is 6.04 Å². The zero-order chi connectivity index (χ0) is 19.0. The summed E-state index contributed by atoms with van der Waals surface area (Å²) >= 11 is 5.95. The summed E-state index contributed by atoms with van der Waals surface area (Å²) in [4.78, 5) is 24.9. The van der Waals surface area contributed by atoms with E-state index in [1.807, 2.05) is 12.1 Å². The molecule has 1 aliphatic heterocycles. The molecule has 27 heavy (non-hydrogen) atoms. The summed E-state index contributed by atoms with van der Waals surface area (Å²) in [7, 11) is 0. The van der Waals surface area contributed by atoms with Crippen LogP contribution in [0.1, 0.15) is 18.5 Å². The summed E-state index contributed by atoms with van der Waals surface area (Å²) in [5.41, 5.74) is 3.23. The Morgan fingerprint density at radius 3 is 2.74 bits per heavy atom. The number of hydrogen-bond acceptors (Lipinski definition) is 3. The molecule has 7 nitrogen and oxygen atoms in total. The number of carbonyl (C=O) groups excluding carboxylic acids is 2. The SMILES string of the molecule is CC1=C(C(=O)Nc2ccc3[nH]ncc3c2)C(c2ccc(Cl)cc2)NC(=O)N1. The second-order valence-electron chi connectivity index (χ2n) is 6.25. The van der Waals surface area contributed by atoms with Crippen LogP contribution in [0, 0.1) is 0 Å². The third-order valence-corrected chi connectivity index (χ3v) is 4.67. The van der Waals surface area contributed by atoms with Crippen molar-refractivity contribution in [2.24, 2.45) is 0 Å². The highest BCUT2D eigenvalue weighted by atomic mass is 35.5. The average molecular weight is 382 g/mol. The number of fused-ring (bicyclic) bond motifs is 1. The molecule has 3 amide bonds. The molecule has 1 aliphatic rings. The number of benzene rings is 2. The van der Waals surface area contributed by atoms with Crippen molar-refractivity contribution in [2.45, 2.75) is 13.0 Å². The zero-order valence-corrected chi connectivity index (χ0v) is 15.1. The van der Waals surface area contributed by atoms with Crippen LogP contribution in [0.25, 0.3) is 10.9 Å². The Morgan fingerprint density at radius 1 is 1.19 bits per heavy atom. The summed E-state index contributed by atoms with van der Waals surface area (Å²) in [5.74, 6) is -0.303. The van der Waals surface area contributed by atoms with Gasteiger partial charge in [0, 0.05) is 21.8 Å². The van der Waals surface area contributed by atoms with Crippen LogP contribution in [0.2, 0.25) is 5.02 Å². The number of rotatable bonds is 3. The number of halogens is 1. The molecule has 0 saturated carbocycles. The predicted molar refractivity (Wildman–Crippen MR) is 103 cm³/mol. The van der Waals surface area contributed by atoms with Crippen LogP contribution in [-0.2, 0) is 4.79 Å². The molecule has 4 rings (SSSR count). The van der Waals surface area contributed by atoms with Gasteiger partial charge in [-0.15, -0.1) is 0 Å². The van der Waals surface area contributed by atoms with Gasteiger partial charge in [-0.05, 0) is 42.8 Å². The molecule has 0 saturated heterocycles. The molecule has 1 atom stereocenters. The van der Waals surface area contributed by atoms with E-state index in [2.05, 4.69) is 26.1 Å². The standard InChI is InChI=1S/C19H16ClN5O2/c1-10-16(17(24-19(27)22-10)11-2-4-13(20)5-3-11)18(26)23-14-6-7-15-12(8-14)9-21-25-15/h2-9,17H,1H3,(H,21,25)(H,23,26)(H2,22,24,27). The number of H-pyrrole nitrogens is 1. The molecule has 136 valence electrons. The van der Waals surface area contributed by atoms with Crippen LogP contribution in [0.15, 0.2) is 59.9 Å². The second-order valence-corrected chi connectivity index (χ2v) is 6.68. The maximum atomic E-state index is 13.0. The number of carbonyl (C=O) groups is 2. The van der Waals surface area contributed by atoms with Crippen molar-refractivity contribution < 1.29 is 9.59 Å². The molecule has 8 heteroatoms. The highest BCUT2D eigenvalue weighted by Gasteiger charge is 2.31. The Balaban J connectivity index is 1.66. The first-order valence-electron chi connectivity index (χ1n) is 8.29. The Morgan fingerprint density at radius 2 is 1.96 bits per heavy atom. The predicted octanol–water partition coefficient (Wildman–Crippen LogP) is 3.48. The van der Waals surface area contributed by atoms with Gasteiger partial charge in [-0.3, -0.25) is 9.89 Å². The maximum Gasteiger partial charge on any atom is 0.319 e. The molecule has 2 heterocycles. The minimum absolute atomic E-state index is 0.303.